The van der Waals surface area contributed by atoms with E-state index in [4.69, 9.17) is 4.74 Å². The predicted octanol–water partition coefficient (Wildman–Crippen LogP) is 10.1. The Kier molecular flexibility index (Phi) is 10.2. The van der Waals surface area contributed by atoms with Gasteiger partial charge in [0, 0.05) is 32.0 Å². The number of benzene rings is 2. The van der Waals surface area contributed by atoms with Crippen LogP contribution in [0.3, 0.4) is 0 Å². The van der Waals surface area contributed by atoms with E-state index in [0.29, 0.717) is 11.5 Å². The molecule has 0 spiro atoms. The van der Waals surface area contributed by atoms with E-state index in [-0.39, 0.29) is 32.3 Å². The number of thioether (sulfide) groups is 2. The lowest BCUT2D eigenvalue weighted by molar-refractivity contribution is -0.139. The fourth-order valence-electron chi connectivity index (χ4n) is 4.54. The number of phenols is 1. The van der Waals surface area contributed by atoms with Gasteiger partial charge in [-0.15, -0.1) is 23.5 Å². The molecule has 1 unspecified atom stereocenters. The highest BCUT2D eigenvalue weighted by atomic mass is 32.2. The number of carboxylic acid groups (broad SMARTS) is 1. The summed E-state index contributed by atoms with van der Waals surface area (Å²) in [7, 11) is 0. The maximum atomic E-state index is 11.4. The van der Waals surface area contributed by atoms with Crippen molar-refractivity contribution < 1.29 is 19.7 Å². The van der Waals surface area contributed by atoms with Gasteiger partial charge < -0.3 is 14.9 Å². The number of ether oxygens (including phenoxy) is 1. The topological polar surface area (TPSA) is 66.8 Å². The molecule has 0 aliphatic carbocycles. The molecule has 0 aliphatic heterocycles. The lowest BCUT2D eigenvalue weighted by atomic mass is 9.79. The van der Waals surface area contributed by atoms with Gasteiger partial charge in [0.1, 0.15) is 11.5 Å². The Morgan fingerprint density at radius 3 is 1.27 bits per heavy atom. The van der Waals surface area contributed by atoms with Crippen molar-refractivity contribution in [1.29, 1.82) is 0 Å². The molecule has 40 heavy (non-hydrogen) atoms. The fraction of sp³-hybridized carbons (Fsp3) is 0.618. The summed E-state index contributed by atoms with van der Waals surface area (Å²) >= 11 is 3.68. The molecule has 0 fully saturated rings. The standard InChI is InChI=1S/C34H52O4S2/c1-15-34(14,39-21-16-23(30(2,3)4)28(37)24(17-21)31(5,6)7)40-22-18-25(32(8,9)10)29(38-20-27(35)36)26(19-22)33(11,12)13/h16-19,37H,15,20H2,1-14H3,(H,35,36). The molecule has 0 radical (unpaired) electrons. The van der Waals surface area contributed by atoms with Gasteiger partial charge in [-0.05, 0) is 59.3 Å². The number of carboxylic acids is 1. The lowest BCUT2D eigenvalue weighted by Gasteiger charge is -2.33. The van der Waals surface area contributed by atoms with E-state index >= 15 is 0 Å². The minimum atomic E-state index is -0.980. The third-order valence-corrected chi connectivity index (χ3v) is 9.91. The van der Waals surface area contributed by atoms with Gasteiger partial charge in [0.05, 0.1) is 4.08 Å². The lowest BCUT2D eigenvalue weighted by Crippen LogP contribution is -2.22. The Morgan fingerprint density at radius 2 is 1.00 bits per heavy atom. The number of aromatic hydroxyl groups is 1. The normalized spacial score (nSPS) is 14.7. The second-order valence-corrected chi connectivity index (χ2v) is 18.5. The van der Waals surface area contributed by atoms with Gasteiger partial charge in [0.15, 0.2) is 6.61 Å². The number of hydrogen-bond donors (Lipinski definition) is 2. The number of hydrogen-bond acceptors (Lipinski definition) is 5. The molecule has 2 N–H and O–H groups in total. The molecule has 6 heteroatoms. The maximum Gasteiger partial charge on any atom is 0.341 e. The van der Waals surface area contributed by atoms with Crippen LogP contribution in [0.2, 0.25) is 0 Å². The number of rotatable bonds is 8. The maximum absolute atomic E-state index is 11.4. The van der Waals surface area contributed by atoms with Crippen molar-refractivity contribution in [2.75, 3.05) is 6.61 Å². The monoisotopic (exact) mass is 588 g/mol. The highest BCUT2D eigenvalue weighted by molar-refractivity contribution is 8.18. The minimum Gasteiger partial charge on any atom is -0.507 e. The van der Waals surface area contributed by atoms with Crippen molar-refractivity contribution in [2.24, 2.45) is 0 Å². The molecule has 0 aromatic heterocycles. The third-order valence-electron chi connectivity index (χ3n) is 7.03. The average Bonchev–Trinajstić information content (AvgIpc) is 2.75. The van der Waals surface area contributed by atoms with E-state index in [1.54, 1.807) is 0 Å². The zero-order valence-electron chi connectivity index (χ0n) is 27.3. The molecule has 224 valence electrons. The summed E-state index contributed by atoms with van der Waals surface area (Å²) in [5.74, 6) is 0.101. The molecule has 1 atom stereocenters. The Hall–Kier alpha value is -1.79. The van der Waals surface area contributed by atoms with Gasteiger partial charge in [-0.3, -0.25) is 0 Å². The number of carbonyl (C=O) groups is 1. The van der Waals surface area contributed by atoms with Crippen molar-refractivity contribution >= 4 is 29.5 Å². The first-order valence-corrected chi connectivity index (χ1v) is 15.8. The first-order valence-electron chi connectivity index (χ1n) is 14.2. The molecule has 2 aromatic rings. The van der Waals surface area contributed by atoms with Crippen LogP contribution < -0.4 is 4.74 Å². The molecule has 0 saturated heterocycles. The van der Waals surface area contributed by atoms with Crippen LogP contribution in [0.4, 0.5) is 0 Å². The third kappa shape index (κ3) is 8.61. The Balaban J connectivity index is 2.68. The van der Waals surface area contributed by atoms with Gasteiger partial charge in [-0.25, -0.2) is 4.79 Å². The van der Waals surface area contributed by atoms with E-state index in [0.717, 1.165) is 38.5 Å². The molecule has 4 nitrogen and oxygen atoms in total. The average molecular weight is 589 g/mol. The molecule has 0 bridgehead atoms. The fourth-order valence-corrected chi connectivity index (χ4v) is 7.28. The molecule has 0 heterocycles. The largest absolute Gasteiger partial charge is 0.507 e. The van der Waals surface area contributed by atoms with Crippen LogP contribution in [0.25, 0.3) is 0 Å². The highest BCUT2D eigenvalue weighted by Gasteiger charge is 2.33. The smallest absolute Gasteiger partial charge is 0.341 e. The van der Waals surface area contributed by atoms with Gasteiger partial charge in [-0.2, -0.15) is 0 Å². The molecule has 2 rings (SSSR count). The van der Waals surface area contributed by atoms with Crippen LogP contribution in [0.5, 0.6) is 11.5 Å². The van der Waals surface area contributed by atoms with Crippen LogP contribution >= 0.6 is 23.5 Å². The minimum absolute atomic E-state index is 0.185. The Morgan fingerprint density at radius 1 is 0.675 bits per heavy atom. The number of aliphatic carboxylic acids is 1. The zero-order chi connectivity index (χ0) is 31.1. The van der Waals surface area contributed by atoms with Crippen LogP contribution in [0, 0.1) is 0 Å². The summed E-state index contributed by atoms with van der Waals surface area (Å²) in [6.07, 6.45) is 0.923. The van der Waals surface area contributed by atoms with E-state index in [9.17, 15) is 15.0 Å². The van der Waals surface area contributed by atoms with Crippen LogP contribution in [0.1, 0.15) is 126 Å². The van der Waals surface area contributed by atoms with E-state index < -0.39 is 5.97 Å². The van der Waals surface area contributed by atoms with Gasteiger partial charge in [0.25, 0.3) is 0 Å². The number of phenolic OH excluding ortho intramolecular Hbond substituents is 1. The SMILES string of the molecule is CCC(C)(Sc1cc(C(C)(C)C)c(O)c(C(C)(C)C)c1)Sc1cc(C(C)(C)C)c(OCC(=O)O)c(C(C)(C)C)c1. The summed E-state index contributed by atoms with van der Waals surface area (Å²) in [5.41, 5.74) is 3.12. The van der Waals surface area contributed by atoms with Gasteiger partial charge in [0.2, 0.25) is 0 Å². The Bertz CT molecular complexity index is 1150. The molecular formula is C34H52O4S2. The molecule has 0 amide bonds. The first-order chi connectivity index (χ1) is 17.9. The molecular weight excluding hydrogens is 537 g/mol. The summed E-state index contributed by atoms with van der Waals surface area (Å²) in [6, 6.07) is 8.69. The quantitative estimate of drug-likeness (QED) is 0.236. The second kappa shape index (κ2) is 11.8. The van der Waals surface area contributed by atoms with Crippen molar-refractivity contribution in [2.45, 2.75) is 139 Å². The van der Waals surface area contributed by atoms with Gasteiger partial charge >= 0.3 is 5.97 Å². The van der Waals surface area contributed by atoms with E-state index in [1.165, 1.54) is 0 Å². The molecule has 0 saturated carbocycles. The second-order valence-electron chi connectivity index (χ2n) is 15.1. The van der Waals surface area contributed by atoms with E-state index in [2.05, 4.69) is 121 Å². The van der Waals surface area contributed by atoms with E-state index in [1.807, 2.05) is 23.5 Å². The highest BCUT2D eigenvalue weighted by Crippen LogP contribution is 2.52. The summed E-state index contributed by atoms with van der Waals surface area (Å²) in [5, 5.41) is 20.6. The molecule has 2 aromatic carbocycles. The summed E-state index contributed by atoms with van der Waals surface area (Å²) < 4.78 is 5.77. The summed E-state index contributed by atoms with van der Waals surface area (Å²) in [6.45, 7) is 29.9. The van der Waals surface area contributed by atoms with Crippen LogP contribution in [0.15, 0.2) is 34.1 Å². The zero-order valence-corrected chi connectivity index (χ0v) is 28.9. The van der Waals surface area contributed by atoms with Crippen molar-refractivity contribution in [3.8, 4) is 11.5 Å². The van der Waals surface area contributed by atoms with Crippen molar-refractivity contribution in [3.63, 3.8) is 0 Å². The predicted molar refractivity (Wildman–Crippen MR) is 173 cm³/mol. The van der Waals surface area contributed by atoms with Crippen LogP contribution in [-0.2, 0) is 26.5 Å². The van der Waals surface area contributed by atoms with Crippen LogP contribution in [-0.4, -0.2) is 26.9 Å². The molecule has 0 aliphatic rings. The Labute approximate surface area is 252 Å². The van der Waals surface area contributed by atoms with Gasteiger partial charge in [-0.1, -0.05) is 90.0 Å². The van der Waals surface area contributed by atoms with Crippen molar-refractivity contribution in [3.05, 3.63) is 46.5 Å². The summed E-state index contributed by atoms with van der Waals surface area (Å²) in [4.78, 5) is 13.7. The first kappa shape index (κ1) is 34.4. The van der Waals surface area contributed by atoms with Crippen molar-refractivity contribution in [1.82, 2.24) is 0 Å².